The van der Waals surface area contributed by atoms with Gasteiger partial charge in [0.2, 0.25) is 0 Å². The average molecular weight is 459 g/mol. The van der Waals surface area contributed by atoms with Crippen LogP contribution in [0.3, 0.4) is 0 Å². The van der Waals surface area contributed by atoms with Gasteiger partial charge in [0.15, 0.2) is 0 Å². The van der Waals surface area contributed by atoms with Gasteiger partial charge in [-0.1, -0.05) is 32.3 Å². The number of rotatable bonds is 3. The molecule has 1 aliphatic rings. The molecule has 2 aromatic carbocycles. The van der Waals surface area contributed by atoms with Gasteiger partial charge in [-0.3, -0.25) is 6.08 Å². The molecule has 0 fully saturated rings. The van der Waals surface area contributed by atoms with Crippen molar-refractivity contribution in [2.45, 2.75) is 45.7 Å². The number of halogens is 2. The van der Waals surface area contributed by atoms with Crippen LogP contribution in [-0.2, 0) is 29.8 Å². The largest absolute Gasteiger partial charge is 0.273 e. The monoisotopic (exact) mass is 456 g/mol. The topological polar surface area (TPSA) is 0 Å². The van der Waals surface area contributed by atoms with E-state index in [0.29, 0.717) is 0 Å². The molecular formula is C20H28Cl2SiZr. The molecule has 0 aromatic heterocycles. The normalized spacial score (nSPS) is 10.7. The molecule has 0 bridgehead atoms. The predicted octanol–water partition coefficient (Wildman–Crippen LogP) is 6.83. The summed E-state index contributed by atoms with van der Waals surface area (Å²) in [6, 6.07) is 13.1. The second-order valence-electron chi connectivity index (χ2n) is 5.55. The first-order valence-electron chi connectivity index (χ1n) is 8.02. The van der Waals surface area contributed by atoms with Crippen molar-refractivity contribution in [3.63, 3.8) is 0 Å². The second-order valence-corrected chi connectivity index (χ2v) is 14.9. The van der Waals surface area contributed by atoms with E-state index in [4.69, 9.17) is 0 Å². The molecule has 24 heavy (non-hydrogen) atoms. The molecule has 4 heteroatoms. The van der Waals surface area contributed by atoms with Crippen LogP contribution >= 0.6 is 24.8 Å². The van der Waals surface area contributed by atoms with Gasteiger partial charge in [0.05, 0.1) is 0 Å². The quantitative estimate of drug-likeness (QED) is 0.349. The fourth-order valence-corrected chi connectivity index (χ4v) is 2.14. The Kier molecular flexibility index (Phi) is 18.0. The summed E-state index contributed by atoms with van der Waals surface area (Å²) < 4.78 is 0. The molecule has 0 heterocycles. The molecule has 0 radical (unpaired) electrons. The summed E-state index contributed by atoms with van der Waals surface area (Å²) in [5.41, 5.74) is 1.72. The summed E-state index contributed by atoms with van der Waals surface area (Å²) >= 11 is 1.74. The van der Waals surface area contributed by atoms with Crippen molar-refractivity contribution in [2.24, 2.45) is 0 Å². The molecule has 0 unspecified atom stereocenters. The van der Waals surface area contributed by atoms with Crippen LogP contribution in [0.5, 0.6) is 0 Å². The summed E-state index contributed by atoms with van der Waals surface area (Å²) in [5, 5.41) is 2.82. The number of aryl methyl sites for hydroxylation is 1. The van der Waals surface area contributed by atoms with Crippen molar-refractivity contribution in [3.05, 3.63) is 66.3 Å². The Bertz CT molecular complexity index is 615. The van der Waals surface area contributed by atoms with E-state index in [2.05, 4.69) is 68.6 Å². The van der Waals surface area contributed by atoms with Crippen LogP contribution in [0, 0.1) is 6.08 Å². The molecule has 0 saturated carbocycles. The van der Waals surface area contributed by atoms with Crippen LogP contribution in [0.1, 0.15) is 31.7 Å². The molecule has 0 aliphatic heterocycles. The van der Waals surface area contributed by atoms with Gasteiger partial charge in [-0.05, 0) is 0 Å². The smallest absolute Gasteiger partial charge is 0.109 e. The minimum Gasteiger partial charge on any atom is -0.273 e. The summed E-state index contributed by atoms with van der Waals surface area (Å²) in [6.07, 6.45) is 13.8. The number of hydrogen-bond donors (Lipinski definition) is 0. The third-order valence-electron chi connectivity index (χ3n) is 3.16. The fourth-order valence-electron chi connectivity index (χ4n) is 2.14. The third kappa shape index (κ3) is 11.5. The van der Waals surface area contributed by atoms with E-state index in [-0.39, 0.29) is 30.2 Å². The average Bonchev–Trinajstić information content (AvgIpc) is 3.18. The van der Waals surface area contributed by atoms with E-state index in [0.717, 1.165) is 6.42 Å². The van der Waals surface area contributed by atoms with Crippen molar-refractivity contribution in [1.82, 2.24) is 0 Å². The van der Waals surface area contributed by atoms with E-state index in [1.54, 1.807) is 23.3 Å². The molecule has 1 aliphatic carbocycles. The second kappa shape index (κ2) is 16.5. The number of hydrogen-bond acceptors (Lipinski definition) is 0. The zero-order valence-electron chi connectivity index (χ0n) is 14.8. The minimum absolute atomic E-state index is 0. The Labute approximate surface area is 175 Å². The Morgan fingerprint density at radius 3 is 2.38 bits per heavy atom. The maximum absolute atomic E-state index is 2.99. The standard InChI is InChI=1S/C13H15.C5H5.C2H6Si.2ClH.Zr/c1-2-3-6-11-9-10-12-7-4-5-8-13(11)12;1-2-4-5-3-1;1-3-2;;;/h4-5,7-10H,2-3,6H2,1H3;1-3H,4H2;1-2H3;2*1H;/q2*-1;;;;+2. The van der Waals surface area contributed by atoms with Gasteiger partial charge < -0.3 is 0 Å². The first kappa shape index (κ1) is 26.2. The SMILES string of the molecule is CCCCc1c[cH-]c2ccccc12.C[Si](C)=[Zr+2].Cl.Cl.[C-]1=CC=CC1. The van der Waals surface area contributed by atoms with Gasteiger partial charge in [-0.25, -0.2) is 12.2 Å². The van der Waals surface area contributed by atoms with Gasteiger partial charge in [-0.15, -0.1) is 72.3 Å². The zero-order chi connectivity index (χ0) is 16.2. The van der Waals surface area contributed by atoms with Crippen LogP contribution in [0.25, 0.3) is 10.8 Å². The molecule has 2 aromatic rings. The van der Waals surface area contributed by atoms with E-state index in [9.17, 15) is 0 Å². The van der Waals surface area contributed by atoms with Crippen molar-refractivity contribution >= 4 is 41.0 Å². The first-order valence-corrected chi connectivity index (χ1v) is 14.2. The Morgan fingerprint density at radius 2 is 1.88 bits per heavy atom. The van der Waals surface area contributed by atoms with Crippen LogP contribution in [-0.4, -0.2) is 5.43 Å². The molecule has 0 nitrogen and oxygen atoms in total. The third-order valence-corrected chi connectivity index (χ3v) is 3.16. The summed E-state index contributed by atoms with van der Waals surface area (Å²) in [7, 11) is 0. The molecule has 0 N–H and O–H groups in total. The van der Waals surface area contributed by atoms with Crippen molar-refractivity contribution in [2.75, 3.05) is 0 Å². The molecule has 0 atom stereocenters. The molecular weight excluding hydrogens is 430 g/mol. The van der Waals surface area contributed by atoms with E-state index in [1.807, 2.05) is 12.2 Å². The maximum Gasteiger partial charge on any atom is -0.109 e. The summed E-state index contributed by atoms with van der Waals surface area (Å²) in [4.78, 5) is 0. The Morgan fingerprint density at radius 1 is 1.21 bits per heavy atom. The Hall–Kier alpha value is -0.0100. The van der Waals surface area contributed by atoms with E-state index in [1.165, 1.54) is 35.6 Å². The van der Waals surface area contributed by atoms with Crippen molar-refractivity contribution < 1.29 is 23.3 Å². The van der Waals surface area contributed by atoms with Gasteiger partial charge in [0.1, 0.15) is 0 Å². The van der Waals surface area contributed by atoms with Crippen molar-refractivity contribution in [3.8, 4) is 0 Å². The number of fused-ring (bicyclic) bond motifs is 1. The van der Waals surface area contributed by atoms with Crippen molar-refractivity contribution in [1.29, 1.82) is 0 Å². The first-order chi connectivity index (χ1) is 10.6. The molecule has 3 rings (SSSR count). The maximum atomic E-state index is 2.99. The molecule has 0 amide bonds. The zero-order valence-corrected chi connectivity index (χ0v) is 19.9. The van der Waals surface area contributed by atoms with Gasteiger partial charge in [0, 0.05) is 0 Å². The summed E-state index contributed by atoms with van der Waals surface area (Å²) in [5.74, 6) is 0. The molecule has 130 valence electrons. The van der Waals surface area contributed by atoms with Gasteiger partial charge in [-0.2, -0.15) is 11.6 Å². The van der Waals surface area contributed by atoms with E-state index >= 15 is 0 Å². The van der Waals surface area contributed by atoms with Crippen LogP contribution in [0.4, 0.5) is 0 Å². The summed E-state index contributed by atoms with van der Waals surface area (Å²) in [6.45, 7) is 6.86. The van der Waals surface area contributed by atoms with Gasteiger partial charge in [0.25, 0.3) is 0 Å². The fraction of sp³-hybridized carbons (Fsp3) is 0.350. The molecule has 0 saturated heterocycles. The van der Waals surface area contributed by atoms with Crippen LogP contribution < -0.4 is 0 Å². The number of unbranched alkanes of at least 4 members (excludes halogenated alkanes) is 1. The molecule has 0 spiro atoms. The number of allylic oxidation sites excluding steroid dienone is 4. The van der Waals surface area contributed by atoms with E-state index < -0.39 is 0 Å². The van der Waals surface area contributed by atoms with Crippen LogP contribution in [0.15, 0.2) is 54.6 Å². The minimum atomic E-state index is 0. The van der Waals surface area contributed by atoms with Crippen LogP contribution in [0.2, 0.25) is 13.1 Å². The number of benzene rings is 1. The predicted molar refractivity (Wildman–Crippen MR) is 112 cm³/mol. The Balaban J connectivity index is 0. The van der Waals surface area contributed by atoms with Gasteiger partial charge >= 0.3 is 41.9 Å².